The van der Waals surface area contributed by atoms with Crippen molar-refractivity contribution in [1.29, 1.82) is 0 Å². The van der Waals surface area contributed by atoms with Crippen LogP contribution in [0, 0.1) is 0 Å². The first-order valence-corrected chi connectivity index (χ1v) is 6.88. The number of carbonyl (C=O) groups is 1. The molecule has 1 aliphatic carbocycles. The first-order valence-electron chi connectivity index (χ1n) is 6.50. The molecule has 104 valence electrons. The molecule has 1 saturated carbocycles. The molecule has 4 nitrogen and oxygen atoms in total. The van der Waals surface area contributed by atoms with Gasteiger partial charge in [0.05, 0.1) is 12.1 Å². The minimum atomic E-state index is -0.905. The van der Waals surface area contributed by atoms with Gasteiger partial charge < -0.3 is 15.1 Å². The van der Waals surface area contributed by atoms with Crippen molar-refractivity contribution in [2.75, 3.05) is 11.4 Å². The number of carboxylic acid groups (broad SMARTS) is 1. The molecule has 2 rings (SSSR count). The predicted octanol–water partition coefficient (Wildman–Crippen LogP) is 2.53. The first-order chi connectivity index (χ1) is 9.08. The molecule has 19 heavy (non-hydrogen) atoms. The topological polar surface area (TPSA) is 60.8 Å². The third-order valence-electron chi connectivity index (χ3n) is 3.54. The Kier molecular flexibility index (Phi) is 4.66. The fraction of sp³-hybridized carbons (Fsp3) is 0.500. The van der Waals surface area contributed by atoms with Gasteiger partial charge in [0.1, 0.15) is 6.54 Å². The Morgan fingerprint density at radius 2 is 2.11 bits per heavy atom. The normalized spacial score (nSPS) is 23.1. The molecule has 0 heterocycles. The second-order valence-corrected chi connectivity index (χ2v) is 5.36. The van der Waals surface area contributed by atoms with Crippen LogP contribution in [-0.4, -0.2) is 34.9 Å². The highest BCUT2D eigenvalue weighted by atomic mass is 35.5. The minimum absolute atomic E-state index is 0.123. The molecule has 1 aromatic rings. The van der Waals surface area contributed by atoms with Crippen molar-refractivity contribution in [3.63, 3.8) is 0 Å². The molecule has 0 bridgehead atoms. The molecular formula is C14H18ClNO3. The summed E-state index contributed by atoms with van der Waals surface area (Å²) >= 11 is 5.96. The van der Waals surface area contributed by atoms with Crippen LogP contribution in [-0.2, 0) is 4.79 Å². The van der Waals surface area contributed by atoms with Gasteiger partial charge in [0, 0.05) is 10.7 Å². The number of carboxylic acids is 1. The Hall–Kier alpha value is -1.26. The van der Waals surface area contributed by atoms with Gasteiger partial charge in [-0.15, -0.1) is 0 Å². The fourth-order valence-electron chi connectivity index (χ4n) is 2.66. The number of benzene rings is 1. The third kappa shape index (κ3) is 3.61. The maximum Gasteiger partial charge on any atom is 0.323 e. The van der Waals surface area contributed by atoms with Gasteiger partial charge in [0.15, 0.2) is 0 Å². The van der Waals surface area contributed by atoms with E-state index < -0.39 is 12.1 Å². The molecular weight excluding hydrogens is 266 g/mol. The molecule has 5 heteroatoms. The summed E-state index contributed by atoms with van der Waals surface area (Å²) in [4.78, 5) is 12.8. The van der Waals surface area contributed by atoms with Crippen LogP contribution in [0.2, 0.25) is 5.02 Å². The average molecular weight is 284 g/mol. The number of aliphatic hydroxyl groups is 1. The van der Waals surface area contributed by atoms with Crippen LogP contribution >= 0.6 is 11.6 Å². The SMILES string of the molecule is O=C(O)CN(c1cccc(Cl)c1)C1CCCCC1O. The Bertz CT molecular complexity index is 452. The van der Waals surface area contributed by atoms with Gasteiger partial charge in [0.2, 0.25) is 0 Å². The first kappa shape index (κ1) is 14.2. The molecule has 0 saturated heterocycles. The summed E-state index contributed by atoms with van der Waals surface area (Å²) < 4.78 is 0. The summed E-state index contributed by atoms with van der Waals surface area (Å²) in [7, 11) is 0. The zero-order valence-electron chi connectivity index (χ0n) is 10.6. The highest BCUT2D eigenvalue weighted by Gasteiger charge is 2.30. The van der Waals surface area contributed by atoms with Gasteiger partial charge in [-0.05, 0) is 31.0 Å². The van der Waals surface area contributed by atoms with Crippen LogP contribution in [0.25, 0.3) is 0 Å². The molecule has 0 aromatic heterocycles. The lowest BCUT2D eigenvalue weighted by Crippen LogP contribution is -2.47. The van der Waals surface area contributed by atoms with Gasteiger partial charge in [-0.1, -0.05) is 30.5 Å². The summed E-state index contributed by atoms with van der Waals surface area (Å²) in [5.74, 6) is -0.905. The Balaban J connectivity index is 2.26. The zero-order valence-corrected chi connectivity index (χ0v) is 11.4. The molecule has 2 atom stereocenters. The monoisotopic (exact) mass is 283 g/mol. The van der Waals surface area contributed by atoms with Crippen LogP contribution in [0.5, 0.6) is 0 Å². The van der Waals surface area contributed by atoms with E-state index in [9.17, 15) is 9.90 Å². The van der Waals surface area contributed by atoms with Crippen molar-refractivity contribution in [3.05, 3.63) is 29.3 Å². The molecule has 0 aliphatic heterocycles. The summed E-state index contributed by atoms with van der Waals surface area (Å²) in [5.41, 5.74) is 0.751. The number of rotatable bonds is 4. The zero-order chi connectivity index (χ0) is 13.8. The molecule has 0 amide bonds. The Morgan fingerprint density at radius 1 is 1.37 bits per heavy atom. The number of hydrogen-bond acceptors (Lipinski definition) is 3. The highest BCUT2D eigenvalue weighted by molar-refractivity contribution is 6.30. The minimum Gasteiger partial charge on any atom is -0.480 e. The second-order valence-electron chi connectivity index (χ2n) is 4.92. The Labute approximate surface area is 117 Å². The quantitative estimate of drug-likeness (QED) is 0.891. The predicted molar refractivity (Wildman–Crippen MR) is 74.7 cm³/mol. The molecule has 2 N–H and O–H groups in total. The van der Waals surface area contributed by atoms with Crippen LogP contribution in [0.4, 0.5) is 5.69 Å². The van der Waals surface area contributed by atoms with Crippen molar-refractivity contribution >= 4 is 23.3 Å². The van der Waals surface area contributed by atoms with Crippen LogP contribution in [0.3, 0.4) is 0 Å². The lowest BCUT2D eigenvalue weighted by Gasteiger charge is -2.38. The molecule has 0 radical (unpaired) electrons. The smallest absolute Gasteiger partial charge is 0.323 e. The highest BCUT2D eigenvalue weighted by Crippen LogP contribution is 2.29. The van der Waals surface area contributed by atoms with E-state index in [2.05, 4.69) is 0 Å². The van der Waals surface area contributed by atoms with E-state index in [-0.39, 0.29) is 12.6 Å². The standard InChI is InChI=1S/C14H18ClNO3/c15-10-4-3-5-11(8-10)16(9-14(18)19)12-6-1-2-7-13(12)17/h3-5,8,12-13,17H,1-2,6-7,9H2,(H,18,19). The van der Waals surface area contributed by atoms with E-state index in [1.54, 1.807) is 23.1 Å². The average Bonchev–Trinajstić information content (AvgIpc) is 2.37. The molecule has 2 unspecified atom stereocenters. The van der Waals surface area contributed by atoms with E-state index in [0.29, 0.717) is 5.02 Å². The molecule has 1 aromatic carbocycles. The fourth-order valence-corrected chi connectivity index (χ4v) is 2.84. The third-order valence-corrected chi connectivity index (χ3v) is 3.77. The summed E-state index contributed by atoms with van der Waals surface area (Å²) in [6.07, 6.45) is 3.06. The lowest BCUT2D eigenvalue weighted by molar-refractivity contribution is -0.135. The van der Waals surface area contributed by atoms with Crippen LogP contribution in [0.15, 0.2) is 24.3 Å². The largest absolute Gasteiger partial charge is 0.480 e. The number of nitrogens with zero attached hydrogens (tertiary/aromatic N) is 1. The van der Waals surface area contributed by atoms with Crippen LogP contribution < -0.4 is 4.90 Å². The van der Waals surface area contributed by atoms with Crippen molar-refractivity contribution in [2.24, 2.45) is 0 Å². The number of halogens is 1. The van der Waals surface area contributed by atoms with Crippen molar-refractivity contribution in [3.8, 4) is 0 Å². The number of aliphatic carboxylic acids is 1. The van der Waals surface area contributed by atoms with Crippen molar-refractivity contribution in [2.45, 2.75) is 37.8 Å². The van der Waals surface area contributed by atoms with Gasteiger partial charge >= 0.3 is 5.97 Å². The van der Waals surface area contributed by atoms with E-state index in [4.69, 9.17) is 16.7 Å². The van der Waals surface area contributed by atoms with Crippen molar-refractivity contribution < 1.29 is 15.0 Å². The van der Waals surface area contributed by atoms with Gasteiger partial charge in [-0.2, -0.15) is 0 Å². The maximum absolute atomic E-state index is 11.1. The molecule has 0 spiro atoms. The lowest BCUT2D eigenvalue weighted by atomic mass is 9.91. The Morgan fingerprint density at radius 3 is 2.74 bits per heavy atom. The second kappa shape index (κ2) is 6.26. The van der Waals surface area contributed by atoms with Gasteiger partial charge in [-0.3, -0.25) is 4.79 Å². The van der Waals surface area contributed by atoms with Gasteiger partial charge in [-0.25, -0.2) is 0 Å². The van der Waals surface area contributed by atoms with E-state index >= 15 is 0 Å². The van der Waals surface area contributed by atoms with E-state index in [1.807, 2.05) is 6.07 Å². The summed E-state index contributed by atoms with van der Waals surface area (Å²) in [5, 5.41) is 19.8. The summed E-state index contributed by atoms with van der Waals surface area (Å²) in [6.45, 7) is -0.123. The number of aliphatic hydroxyl groups excluding tert-OH is 1. The maximum atomic E-state index is 11.1. The van der Waals surface area contributed by atoms with Gasteiger partial charge in [0.25, 0.3) is 0 Å². The number of anilines is 1. The van der Waals surface area contributed by atoms with E-state index in [1.165, 1.54) is 0 Å². The van der Waals surface area contributed by atoms with Crippen molar-refractivity contribution in [1.82, 2.24) is 0 Å². The van der Waals surface area contributed by atoms with E-state index in [0.717, 1.165) is 31.4 Å². The van der Waals surface area contributed by atoms with Crippen LogP contribution in [0.1, 0.15) is 25.7 Å². The molecule has 1 aliphatic rings. The molecule has 1 fully saturated rings. The summed E-state index contributed by atoms with van der Waals surface area (Å²) in [6, 6.07) is 6.97. The number of hydrogen-bond donors (Lipinski definition) is 2.